The zero-order chi connectivity index (χ0) is 25.3. The molecule has 2 aromatic rings. The molecule has 0 aliphatic carbocycles. The number of amides is 1. The molecule has 0 aromatic heterocycles. The van der Waals surface area contributed by atoms with Crippen LogP contribution in [0.2, 0.25) is 0 Å². The topological polar surface area (TPSA) is 90.2 Å². The Kier molecular flexibility index (Phi) is 6.95. The van der Waals surface area contributed by atoms with Gasteiger partial charge in [-0.05, 0) is 83.7 Å². The number of hydrogen-bond donors (Lipinski definition) is 3. The predicted molar refractivity (Wildman–Crippen MR) is 137 cm³/mol. The number of phenolic OH excluding ortho intramolecular Hbond substituents is 2. The number of rotatable bonds is 7. The van der Waals surface area contributed by atoms with Gasteiger partial charge >= 0.3 is 0 Å². The molecule has 0 saturated carbocycles. The second-order valence-electron chi connectivity index (χ2n) is 10.2. The summed E-state index contributed by atoms with van der Waals surface area (Å²) in [6.45, 7) is 8.54. The van der Waals surface area contributed by atoms with Crippen molar-refractivity contribution in [2.24, 2.45) is 0 Å². The maximum atomic E-state index is 13.2. The van der Waals surface area contributed by atoms with E-state index in [1.807, 2.05) is 6.92 Å². The number of benzene rings is 2. The number of allylic oxidation sites excluding steroid dienone is 4. The first-order chi connectivity index (χ1) is 16.6. The van der Waals surface area contributed by atoms with E-state index in [4.69, 9.17) is 4.74 Å². The zero-order valence-electron chi connectivity index (χ0n) is 21.0. The van der Waals surface area contributed by atoms with Gasteiger partial charge in [0.15, 0.2) is 0 Å². The van der Waals surface area contributed by atoms with Gasteiger partial charge in [0.2, 0.25) is 0 Å². The number of phenols is 2. The first-order valence-corrected chi connectivity index (χ1v) is 12.2. The van der Waals surface area contributed by atoms with Gasteiger partial charge in [-0.25, -0.2) is 0 Å². The molecule has 35 heavy (non-hydrogen) atoms. The third-order valence-corrected chi connectivity index (χ3v) is 7.08. The number of carbonyl (C=O) groups is 1. The molecule has 2 heterocycles. The molecule has 6 heteroatoms. The number of fused-ring (bicyclic) bond motifs is 3. The first kappa shape index (κ1) is 24.9. The summed E-state index contributed by atoms with van der Waals surface area (Å²) in [5, 5.41) is 31.2. The lowest BCUT2D eigenvalue weighted by molar-refractivity contribution is -0.0597. The molecule has 0 spiro atoms. The molecule has 2 unspecified atom stereocenters. The maximum absolute atomic E-state index is 13.2. The van der Waals surface area contributed by atoms with Crippen molar-refractivity contribution in [3.8, 4) is 17.2 Å². The lowest BCUT2D eigenvalue weighted by Crippen LogP contribution is -2.49. The van der Waals surface area contributed by atoms with Gasteiger partial charge in [-0.3, -0.25) is 4.79 Å². The normalized spacial score (nSPS) is 21.4. The van der Waals surface area contributed by atoms with Gasteiger partial charge in [-0.1, -0.05) is 23.3 Å². The van der Waals surface area contributed by atoms with E-state index in [0.29, 0.717) is 35.5 Å². The van der Waals surface area contributed by atoms with Gasteiger partial charge in [0.1, 0.15) is 22.8 Å². The number of ether oxygens (including phenoxy) is 1. The number of aliphatic hydroxyl groups is 1. The highest BCUT2D eigenvalue weighted by molar-refractivity contribution is 6.11. The van der Waals surface area contributed by atoms with Crippen molar-refractivity contribution in [3.05, 3.63) is 70.3 Å². The summed E-state index contributed by atoms with van der Waals surface area (Å²) in [7, 11) is 0. The van der Waals surface area contributed by atoms with Gasteiger partial charge in [-0.2, -0.15) is 0 Å². The Morgan fingerprint density at radius 1 is 1.11 bits per heavy atom. The Bertz CT molecular complexity index is 1180. The van der Waals surface area contributed by atoms with Crippen molar-refractivity contribution in [1.82, 2.24) is 0 Å². The molecule has 0 fully saturated rings. The van der Waals surface area contributed by atoms with E-state index in [-0.39, 0.29) is 23.8 Å². The molecule has 0 saturated heterocycles. The lowest BCUT2D eigenvalue weighted by Gasteiger charge is -2.40. The SMILES string of the molecule is CC(C)=CCCC(C)=CCCC1(C)Oc2c(c(O)cc3c2CN(c2ccc(O)cc2)C3=O)CC1O. The monoisotopic (exact) mass is 477 g/mol. The van der Waals surface area contributed by atoms with Crippen molar-refractivity contribution in [2.75, 3.05) is 4.90 Å². The van der Waals surface area contributed by atoms with Crippen LogP contribution in [-0.2, 0) is 13.0 Å². The summed E-state index contributed by atoms with van der Waals surface area (Å²) >= 11 is 0. The Morgan fingerprint density at radius 3 is 2.51 bits per heavy atom. The minimum absolute atomic E-state index is 0.0317. The van der Waals surface area contributed by atoms with Gasteiger partial charge in [0.25, 0.3) is 5.91 Å². The van der Waals surface area contributed by atoms with Crippen LogP contribution in [0, 0.1) is 0 Å². The molecule has 2 atom stereocenters. The van der Waals surface area contributed by atoms with Crippen LogP contribution >= 0.6 is 0 Å². The second-order valence-corrected chi connectivity index (χ2v) is 10.2. The summed E-state index contributed by atoms with van der Waals surface area (Å²) in [5.41, 5.74) is 4.13. The molecular formula is C29H35NO5. The zero-order valence-corrected chi connectivity index (χ0v) is 21.0. The third-order valence-electron chi connectivity index (χ3n) is 7.08. The van der Waals surface area contributed by atoms with Gasteiger partial charge < -0.3 is 25.0 Å². The number of anilines is 1. The van der Waals surface area contributed by atoms with Crippen molar-refractivity contribution in [2.45, 2.75) is 78.0 Å². The van der Waals surface area contributed by atoms with Crippen LogP contribution in [-0.4, -0.2) is 32.9 Å². The number of nitrogens with zero attached hydrogens (tertiary/aromatic N) is 1. The standard InChI is InChI=1S/C29H35NO5/c1-18(2)7-5-8-19(3)9-6-14-29(4)26(33)16-23-25(32)15-22-24(27(23)35-29)17-30(28(22)34)20-10-12-21(31)13-11-20/h7,9-13,15,26,31-33H,5-6,8,14,16-17H2,1-4H3. The fourth-order valence-electron chi connectivity index (χ4n) is 4.84. The number of hydrogen-bond acceptors (Lipinski definition) is 5. The average Bonchev–Trinajstić information content (AvgIpc) is 3.12. The highest BCUT2D eigenvalue weighted by Gasteiger charge is 2.44. The molecule has 2 aromatic carbocycles. The Balaban J connectivity index is 1.55. The average molecular weight is 478 g/mol. The Morgan fingerprint density at radius 2 is 1.83 bits per heavy atom. The van der Waals surface area contributed by atoms with Gasteiger partial charge in [0.05, 0.1) is 18.2 Å². The van der Waals surface area contributed by atoms with Gasteiger partial charge in [-0.15, -0.1) is 0 Å². The van der Waals surface area contributed by atoms with Gasteiger partial charge in [0, 0.05) is 23.2 Å². The minimum Gasteiger partial charge on any atom is -0.508 e. The van der Waals surface area contributed by atoms with E-state index in [0.717, 1.165) is 24.8 Å². The van der Waals surface area contributed by atoms with E-state index in [1.165, 1.54) is 29.3 Å². The molecule has 186 valence electrons. The van der Waals surface area contributed by atoms with E-state index < -0.39 is 11.7 Å². The predicted octanol–water partition coefficient (Wildman–Crippen LogP) is 5.79. The smallest absolute Gasteiger partial charge is 0.259 e. The molecule has 0 bridgehead atoms. The second kappa shape index (κ2) is 9.78. The Hall–Kier alpha value is -3.25. The maximum Gasteiger partial charge on any atom is 0.259 e. The Labute approximate surface area is 207 Å². The van der Waals surface area contributed by atoms with Crippen LogP contribution in [0.25, 0.3) is 0 Å². The van der Waals surface area contributed by atoms with Crippen LogP contribution in [0.15, 0.2) is 53.6 Å². The lowest BCUT2D eigenvalue weighted by atomic mass is 9.84. The molecule has 0 radical (unpaired) electrons. The van der Waals surface area contributed by atoms with Crippen LogP contribution < -0.4 is 9.64 Å². The summed E-state index contributed by atoms with van der Waals surface area (Å²) in [6.07, 6.45) is 7.34. The van der Waals surface area contributed by atoms with Crippen molar-refractivity contribution in [1.29, 1.82) is 0 Å². The molecule has 3 N–H and O–H groups in total. The van der Waals surface area contributed by atoms with Crippen LogP contribution in [0.3, 0.4) is 0 Å². The molecule has 4 rings (SSSR count). The molecule has 6 nitrogen and oxygen atoms in total. The van der Waals surface area contributed by atoms with Crippen molar-refractivity contribution < 1.29 is 24.9 Å². The molecule has 2 aliphatic heterocycles. The number of aromatic hydroxyl groups is 2. The van der Waals surface area contributed by atoms with E-state index >= 15 is 0 Å². The highest BCUT2D eigenvalue weighted by Crippen LogP contribution is 2.47. The summed E-state index contributed by atoms with van der Waals surface area (Å²) in [6, 6.07) is 7.93. The minimum atomic E-state index is -0.833. The highest BCUT2D eigenvalue weighted by atomic mass is 16.5. The third kappa shape index (κ3) is 5.08. The largest absolute Gasteiger partial charge is 0.508 e. The molecule has 1 amide bonds. The summed E-state index contributed by atoms with van der Waals surface area (Å²) < 4.78 is 6.43. The van der Waals surface area contributed by atoms with E-state index in [2.05, 4.69) is 32.9 Å². The van der Waals surface area contributed by atoms with Crippen LogP contribution in [0.5, 0.6) is 17.2 Å². The van der Waals surface area contributed by atoms with Crippen LogP contribution in [0.4, 0.5) is 5.69 Å². The molecular weight excluding hydrogens is 442 g/mol. The quantitative estimate of drug-likeness (QED) is 0.440. The molecule has 2 aliphatic rings. The fraction of sp³-hybridized carbons (Fsp3) is 0.414. The summed E-state index contributed by atoms with van der Waals surface area (Å²) in [5.74, 6) is 0.375. The van der Waals surface area contributed by atoms with E-state index in [1.54, 1.807) is 17.0 Å². The van der Waals surface area contributed by atoms with E-state index in [9.17, 15) is 20.1 Å². The van der Waals surface area contributed by atoms with Crippen molar-refractivity contribution >= 4 is 11.6 Å². The summed E-state index contributed by atoms with van der Waals surface area (Å²) in [4.78, 5) is 14.8. The fourth-order valence-corrected chi connectivity index (χ4v) is 4.84. The van der Waals surface area contributed by atoms with Crippen LogP contribution in [0.1, 0.15) is 74.9 Å². The number of carbonyl (C=O) groups excluding carboxylic acids is 1. The first-order valence-electron chi connectivity index (χ1n) is 12.2. The van der Waals surface area contributed by atoms with Crippen molar-refractivity contribution in [3.63, 3.8) is 0 Å². The number of aliphatic hydroxyl groups excluding tert-OH is 1.